The highest BCUT2D eigenvalue weighted by Crippen LogP contribution is 2.47. The highest BCUT2D eigenvalue weighted by molar-refractivity contribution is 6.00. The van der Waals surface area contributed by atoms with E-state index in [2.05, 4.69) is 9.97 Å². The van der Waals surface area contributed by atoms with Crippen LogP contribution in [0.5, 0.6) is 0 Å². The number of rotatable bonds is 1. The number of carbonyl (C=O) groups excluding carboxylic acids is 2. The second-order valence-corrected chi connectivity index (χ2v) is 8.01. The van der Waals surface area contributed by atoms with Gasteiger partial charge in [-0.3, -0.25) is 9.59 Å². The minimum absolute atomic E-state index is 0.0555. The number of ketones is 1. The van der Waals surface area contributed by atoms with Gasteiger partial charge in [-0.25, -0.2) is 9.97 Å². The Morgan fingerprint density at radius 1 is 1.33 bits per heavy atom. The first kappa shape index (κ1) is 19.3. The van der Waals surface area contributed by atoms with Gasteiger partial charge in [0.15, 0.2) is 11.5 Å². The van der Waals surface area contributed by atoms with Crippen molar-refractivity contribution in [3.05, 3.63) is 35.1 Å². The molecule has 1 saturated heterocycles. The van der Waals surface area contributed by atoms with E-state index in [-0.39, 0.29) is 30.4 Å². The molecule has 146 valence electrons. The van der Waals surface area contributed by atoms with E-state index >= 15 is 0 Å². The Kier molecular flexibility index (Phi) is 4.32. The third kappa shape index (κ3) is 3.42. The van der Waals surface area contributed by atoms with Crippen LogP contribution in [0.25, 0.3) is 0 Å². The summed E-state index contributed by atoms with van der Waals surface area (Å²) in [5, 5.41) is 0. The summed E-state index contributed by atoms with van der Waals surface area (Å²) in [4.78, 5) is 33.5. The molecule has 0 unspecified atom stereocenters. The second kappa shape index (κ2) is 6.03. The molecule has 9 heteroatoms. The number of hydrogen-bond donors (Lipinski definition) is 1. The Hall–Kier alpha value is -2.45. The van der Waals surface area contributed by atoms with Gasteiger partial charge in [-0.05, 0) is 25.8 Å². The lowest BCUT2D eigenvalue weighted by atomic mass is 9.65. The summed E-state index contributed by atoms with van der Waals surface area (Å²) in [7, 11) is 0. The second-order valence-electron chi connectivity index (χ2n) is 8.01. The van der Waals surface area contributed by atoms with Crippen LogP contribution in [0.4, 0.5) is 13.2 Å². The average Bonchev–Trinajstić information content (AvgIpc) is 2.94. The van der Waals surface area contributed by atoms with Crippen molar-refractivity contribution in [3.63, 3.8) is 0 Å². The number of carbonyl (C=O) groups is 2. The molecule has 2 aliphatic rings. The molecule has 0 saturated carbocycles. The zero-order chi connectivity index (χ0) is 20.2. The molecule has 1 amide bonds. The van der Waals surface area contributed by atoms with Crippen LogP contribution in [0, 0.1) is 17.8 Å². The van der Waals surface area contributed by atoms with E-state index in [0.29, 0.717) is 12.8 Å². The van der Waals surface area contributed by atoms with Gasteiger partial charge in [0.05, 0.1) is 11.3 Å². The highest BCUT2D eigenvalue weighted by Gasteiger charge is 2.49. The van der Waals surface area contributed by atoms with E-state index < -0.39 is 34.2 Å². The van der Waals surface area contributed by atoms with E-state index in [1.807, 2.05) is 0 Å². The lowest BCUT2D eigenvalue weighted by Gasteiger charge is -2.39. The summed E-state index contributed by atoms with van der Waals surface area (Å²) in [5.74, 6) is -0.968. The quantitative estimate of drug-likeness (QED) is 0.806. The van der Waals surface area contributed by atoms with Crippen LogP contribution in [0.1, 0.15) is 48.6 Å². The number of alkyl halides is 3. The number of hydrogen-bond acceptors (Lipinski definition) is 5. The maximum atomic E-state index is 13.3. The third-order valence-corrected chi connectivity index (χ3v) is 5.21. The fourth-order valence-electron chi connectivity index (χ4n) is 4.14. The van der Waals surface area contributed by atoms with Crippen molar-refractivity contribution < 1.29 is 22.8 Å². The molecule has 0 radical (unpaired) electrons. The molecule has 0 aromatic carbocycles. The molecule has 1 aromatic heterocycles. The Balaban J connectivity index is 1.91. The minimum Gasteiger partial charge on any atom is -0.396 e. The number of amides is 1. The van der Waals surface area contributed by atoms with Crippen molar-refractivity contribution in [2.75, 3.05) is 13.1 Å². The number of Topliss-reactive ketones (excluding diaryl/α,β-unsaturated/α-hetero) is 1. The summed E-state index contributed by atoms with van der Waals surface area (Å²) in [6.45, 7) is 5.39. The van der Waals surface area contributed by atoms with Crippen molar-refractivity contribution in [2.24, 2.45) is 16.6 Å². The minimum atomic E-state index is -4.75. The largest absolute Gasteiger partial charge is 0.434 e. The van der Waals surface area contributed by atoms with Crippen molar-refractivity contribution >= 4 is 11.7 Å². The van der Waals surface area contributed by atoms with Gasteiger partial charge >= 0.3 is 6.18 Å². The number of allylic oxidation sites excluding steroid dienone is 1. The monoisotopic (exact) mass is 382 g/mol. The van der Waals surface area contributed by atoms with Crippen molar-refractivity contribution in [1.29, 1.82) is 0 Å². The maximum Gasteiger partial charge on any atom is 0.434 e. The fourth-order valence-corrected chi connectivity index (χ4v) is 4.14. The number of aryl methyl sites for hydroxylation is 1. The van der Waals surface area contributed by atoms with Crippen LogP contribution >= 0.6 is 0 Å². The van der Waals surface area contributed by atoms with Crippen molar-refractivity contribution in [1.82, 2.24) is 14.9 Å². The SMILES string of the molecule is Cc1ncc(C(=O)N2CC[C@]3(C=C(N)C(=O)C(C)(C)C3)C2)c(C(F)(F)F)n1. The highest BCUT2D eigenvalue weighted by atomic mass is 19.4. The topological polar surface area (TPSA) is 89.2 Å². The summed E-state index contributed by atoms with van der Waals surface area (Å²) in [6.07, 6.45) is -1.13. The number of likely N-dealkylation sites (tertiary alicyclic amines) is 1. The molecular formula is C18H21F3N4O2. The summed E-state index contributed by atoms with van der Waals surface area (Å²) in [5.41, 5.74) is 3.05. The molecule has 0 bridgehead atoms. The van der Waals surface area contributed by atoms with E-state index in [1.54, 1.807) is 19.9 Å². The van der Waals surface area contributed by atoms with Crippen LogP contribution in [0.15, 0.2) is 18.0 Å². The third-order valence-electron chi connectivity index (χ3n) is 5.21. The average molecular weight is 382 g/mol. The number of nitrogens with zero attached hydrogens (tertiary/aromatic N) is 3. The normalized spacial score (nSPS) is 25.0. The van der Waals surface area contributed by atoms with E-state index in [0.717, 1.165) is 6.20 Å². The number of halogens is 3. The van der Waals surface area contributed by atoms with Gasteiger partial charge in [0.25, 0.3) is 5.91 Å². The predicted molar refractivity (Wildman–Crippen MR) is 90.4 cm³/mol. The van der Waals surface area contributed by atoms with Gasteiger partial charge < -0.3 is 10.6 Å². The molecule has 3 rings (SSSR count). The molecule has 1 fully saturated rings. The van der Waals surface area contributed by atoms with Crippen LogP contribution in [-0.4, -0.2) is 39.6 Å². The summed E-state index contributed by atoms with van der Waals surface area (Å²) in [6, 6.07) is 0. The van der Waals surface area contributed by atoms with Crippen LogP contribution in [-0.2, 0) is 11.0 Å². The van der Waals surface area contributed by atoms with E-state index in [1.165, 1.54) is 11.8 Å². The zero-order valence-corrected chi connectivity index (χ0v) is 15.4. The Morgan fingerprint density at radius 3 is 2.59 bits per heavy atom. The summed E-state index contributed by atoms with van der Waals surface area (Å²) >= 11 is 0. The van der Waals surface area contributed by atoms with Gasteiger partial charge in [-0.2, -0.15) is 13.2 Å². The van der Waals surface area contributed by atoms with E-state index in [9.17, 15) is 22.8 Å². The lowest BCUT2D eigenvalue weighted by molar-refractivity contribution is -0.141. The van der Waals surface area contributed by atoms with Gasteiger partial charge in [0.2, 0.25) is 0 Å². The van der Waals surface area contributed by atoms with Crippen molar-refractivity contribution in [2.45, 2.75) is 39.8 Å². The molecule has 1 spiro atoms. The molecule has 6 nitrogen and oxygen atoms in total. The first-order valence-corrected chi connectivity index (χ1v) is 8.58. The standard InChI is InChI=1S/C18H21F3N4O2/c1-10-23-7-11(13(24-10)18(19,20)21)15(27)25-5-4-17(9-25)6-12(22)14(26)16(2,3)8-17/h6-7H,4-5,8-9,22H2,1-3H3/t17-/m1/s1. The molecule has 2 N–H and O–H groups in total. The lowest BCUT2D eigenvalue weighted by Crippen LogP contribution is -2.42. The summed E-state index contributed by atoms with van der Waals surface area (Å²) < 4.78 is 39.9. The Bertz CT molecular complexity index is 847. The molecule has 27 heavy (non-hydrogen) atoms. The molecule has 1 aliphatic heterocycles. The maximum absolute atomic E-state index is 13.3. The van der Waals surface area contributed by atoms with Crippen LogP contribution in [0.3, 0.4) is 0 Å². The van der Waals surface area contributed by atoms with Gasteiger partial charge in [-0.1, -0.05) is 13.8 Å². The molecule has 1 aliphatic carbocycles. The van der Waals surface area contributed by atoms with Gasteiger partial charge in [-0.15, -0.1) is 0 Å². The Labute approximate surface area is 154 Å². The van der Waals surface area contributed by atoms with Gasteiger partial charge in [0.1, 0.15) is 5.82 Å². The predicted octanol–water partition coefficient (Wildman–Crippen LogP) is 2.48. The first-order valence-electron chi connectivity index (χ1n) is 8.58. The first-order chi connectivity index (χ1) is 12.3. The molecular weight excluding hydrogens is 361 g/mol. The van der Waals surface area contributed by atoms with Crippen molar-refractivity contribution in [3.8, 4) is 0 Å². The number of aromatic nitrogens is 2. The zero-order valence-electron chi connectivity index (χ0n) is 15.4. The Morgan fingerprint density at radius 2 is 2.00 bits per heavy atom. The molecule has 2 heterocycles. The molecule has 1 aromatic rings. The fraction of sp³-hybridized carbons (Fsp3) is 0.556. The van der Waals surface area contributed by atoms with E-state index in [4.69, 9.17) is 5.73 Å². The smallest absolute Gasteiger partial charge is 0.396 e. The van der Waals surface area contributed by atoms with Gasteiger partial charge in [0, 0.05) is 30.1 Å². The molecule has 1 atom stereocenters. The number of nitrogens with two attached hydrogens (primary N) is 1. The van der Waals surface area contributed by atoms with Crippen LogP contribution in [0.2, 0.25) is 0 Å². The van der Waals surface area contributed by atoms with Crippen LogP contribution < -0.4 is 5.73 Å².